The molecule has 7 nitrogen and oxygen atoms in total. The van der Waals surface area contributed by atoms with Gasteiger partial charge in [-0.3, -0.25) is 14.3 Å². The zero-order valence-electron chi connectivity index (χ0n) is 16.0. The van der Waals surface area contributed by atoms with Crippen LogP contribution in [-0.4, -0.2) is 32.6 Å². The minimum absolute atomic E-state index is 0.0580. The quantitative estimate of drug-likeness (QED) is 0.732. The Labute approximate surface area is 157 Å². The van der Waals surface area contributed by atoms with E-state index in [9.17, 15) is 14.4 Å². The lowest BCUT2D eigenvalue weighted by atomic mass is 10.1. The minimum Gasteiger partial charge on any atom is -0.330 e. The van der Waals surface area contributed by atoms with Crippen LogP contribution >= 0.6 is 0 Å². The first kappa shape index (κ1) is 18.8. The van der Waals surface area contributed by atoms with Crippen molar-refractivity contribution in [1.29, 1.82) is 0 Å². The average molecular weight is 369 g/mol. The molecule has 2 heterocycles. The number of fused-ring (bicyclic) bond motifs is 1. The van der Waals surface area contributed by atoms with E-state index in [1.807, 2.05) is 18.5 Å². The summed E-state index contributed by atoms with van der Waals surface area (Å²) in [6, 6.07) is 6.41. The fraction of sp³-hybridized carbons (Fsp3) is 0.400. The third kappa shape index (κ3) is 3.63. The van der Waals surface area contributed by atoms with Crippen molar-refractivity contribution in [3.8, 4) is 0 Å². The Kier molecular flexibility index (Phi) is 5.12. The number of aromatic nitrogens is 2. The third-order valence-electron chi connectivity index (χ3n) is 4.60. The first-order chi connectivity index (χ1) is 12.8. The normalized spacial score (nSPS) is 13.4. The smallest absolute Gasteiger partial charge is 0.330 e. The van der Waals surface area contributed by atoms with E-state index in [0.717, 1.165) is 23.5 Å². The number of hydrogen-bond donors (Lipinski definition) is 0. The maximum absolute atomic E-state index is 12.2. The molecule has 1 aliphatic rings. The summed E-state index contributed by atoms with van der Waals surface area (Å²) in [5.41, 5.74) is 3.39. The Balaban J connectivity index is 1.64. The molecule has 0 unspecified atom stereocenters. The SMILES string of the molecule is Cc1nn(CC(C)C)c(C)c1CCC(=O)ON1C(=O)c2ccccc2C1=O. The van der Waals surface area contributed by atoms with Gasteiger partial charge in [-0.15, -0.1) is 0 Å². The van der Waals surface area contributed by atoms with Crippen molar-refractivity contribution in [3.63, 3.8) is 0 Å². The summed E-state index contributed by atoms with van der Waals surface area (Å²) >= 11 is 0. The van der Waals surface area contributed by atoms with Crippen LogP contribution in [0.25, 0.3) is 0 Å². The molecule has 0 spiro atoms. The van der Waals surface area contributed by atoms with Crippen LogP contribution in [0.2, 0.25) is 0 Å². The molecule has 1 aromatic carbocycles. The predicted octanol–water partition coefficient (Wildman–Crippen LogP) is 2.84. The summed E-state index contributed by atoms with van der Waals surface area (Å²) in [5.74, 6) is -1.38. The molecule has 0 saturated heterocycles. The van der Waals surface area contributed by atoms with Gasteiger partial charge in [-0.05, 0) is 43.9 Å². The van der Waals surface area contributed by atoms with Gasteiger partial charge in [0.2, 0.25) is 0 Å². The van der Waals surface area contributed by atoms with Gasteiger partial charge in [0, 0.05) is 12.2 Å². The van der Waals surface area contributed by atoms with Crippen molar-refractivity contribution in [2.75, 3.05) is 0 Å². The molecule has 0 N–H and O–H groups in total. The number of amides is 2. The number of imide groups is 1. The topological polar surface area (TPSA) is 81.5 Å². The molecule has 0 bridgehead atoms. The molecule has 2 aromatic rings. The van der Waals surface area contributed by atoms with Crippen LogP contribution in [0.4, 0.5) is 0 Å². The second-order valence-electron chi connectivity index (χ2n) is 7.14. The van der Waals surface area contributed by atoms with Gasteiger partial charge in [0.15, 0.2) is 0 Å². The summed E-state index contributed by atoms with van der Waals surface area (Å²) in [6.07, 6.45) is 0.500. The molecule has 0 radical (unpaired) electrons. The second-order valence-corrected chi connectivity index (χ2v) is 7.14. The Morgan fingerprint density at radius 2 is 1.70 bits per heavy atom. The van der Waals surface area contributed by atoms with E-state index >= 15 is 0 Å². The number of carbonyl (C=O) groups is 3. The van der Waals surface area contributed by atoms with Crippen LogP contribution in [0.15, 0.2) is 24.3 Å². The van der Waals surface area contributed by atoms with Gasteiger partial charge < -0.3 is 4.84 Å². The van der Waals surface area contributed by atoms with Crippen molar-refractivity contribution in [2.24, 2.45) is 5.92 Å². The zero-order valence-corrected chi connectivity index (χ0v) is 16.0. The average Bonchev–Trinajstić information content (AvgIpc) is 3.01. The number of nitrogens with zero attached hydrogens (tertiary/aromatic N) is 3. The number of rotatable bonds is 6. The molecule has 0 fully saturated rings. The highest BCUT2D eigenvalue weighted by molar-refractivity contribution is 6.20. The van der Waals surface area contributed by atoms with Crippen LogP contribution in [0, 0.1) is 19.8 Å². The van der Waals surface area contributed by atoms with E-state index in [4.69, 9.17) is 4.84 Å². The summed E-state index contributed by atoms with van der Waals surface area (Å²) in [5, 5.41) is 5.08. The van der Waals surface area contributed by atoms with Crippen LogP contribution in [0.1, 0.15) is 57.9 Å². The molecular weight excluding hydrogens is 346 g/mol. The van der Waals surface area contributed by atoms with Crippen LogP contribution in [0.3, 0.4) is 0 Å². The first-order valence-corrected chi connectivity index (χ1v) is 9.01. The van der Waals surface area contributed by atoms with Gasteiger partial charge >= 0.3 is 5.97 Å². The van der Waals surface area contributed by atoms with Crippen LogP contribution in [0.5, 0.6) is 0 Å². The van der Waals surface area contributed by atoms with Crippen molar-refractivity contribution in [1.82, 2.24) is 14.8 Å². The molecule has 142 valence electrons. The van der Waals surface area contributed by atoms with Crippen molar-refractivity contribution >= 4 is 17.8 Å². The predicted molar refractivity (Wildman–Crippen MR) is 97.9 cm³/mol. The Bertz CT molecular complexity index is 879. The number of hydrogen-bond acceptors (Lipinski definition) is 5. The number of carbonyl (C=O) groups excluding carboxylic acids is 3. The van der Waals surface area contributed by atoms with Crippen molar-refractivity contribution in [3.05, 3.63) is 52.3 Å². The molecule has 27 heavy (non-hydrogen) atoms. The molecule has 0 saturated carbocycles. The maximum Gasteiger partial charge on any atom is 0.333 e. The maximum atomic E-state index is 12.2. The van der Waals surface area contributed by atoms with Gasteiger partial charge in [-0.1, -0.05) is 31.0 Å². The largest absolute Gasteiger partial charge is 0.333 e. The van der Waals surface area contributed by atoms with E-state index < -0.39 is 17.8 Å². The van der Waals surface area contributed by atoms with E-state index in [2.05, 4.69) is 18.9 Å². The highest BCUT2D eigenvalue weighted by atomic mass is 16.7. The highest BCUT2D eigenvalue weighted by Crippen LogP contribution is 2.23. The van der Waals surface area contributed by atoms with Crippen LogP contribution in [-0.2, 0) is 22.6 Å². The molecule has 3 rings (SSSR count). The lowest BCUT2D eigenvalue weighted by Gasteiger charge is -2.12. The third-order valence-corrected chi connectivity index (χ3v) is 4.60. The molecule has 7 heteroatoms. The first-order valence-electron chi connectivity index (χ1n) is 9.01. The monoisotopic (exact) mass is 369 g/mol. The highest BCUT2D eigenvalue weighted by Gasteiger charge is 2.38. The fourth-order valence-electron chi connectivity index (χ4n) is 3.24. The molecular formula is C20H23N3O4. The van der Waals surface area contributed by atoms with Crippen molar-refractivity contribution in [2.45, 2.75) is 47.1 Å². The number of aryl methyl sites for hydroxylation is 1. The van der Waals surface area contributed by atoms with E-state index in [-0.39, 0.29) is 17.5 Å². The molecule has 0 aliphatic carbocycles. The molecule has 1 aromatic heterocycles. The van der Waals surface area contributed by atoms with Crippen molar-refractivity contribution < 1.29 is 19.2 Å². The van der Waals surface area contributed by atoms with Gasteiger partial charge in [0.1, 0.15) is 0 Å². The fourth-order valence-corrected chi connectivity index (χ4v) is 3.24. The summed E-state index contributed by atoms with van der Waals surface area (Å²) in [4.78, 5) is 41.8. The van der Waals surface area contributed by atoms with Gasteiger partial charge in [-0.2, -0.15) is 5.10 Å². The molecule has 0 atom stereocenters. The summed E-state index contributed by atoms with van der Waals surface area (Å²) < 4.78 is 1.95. The second kappa shape index (κ2) is 7.34. The molecule has 2 amide bonds. The number of hydroxylamine groups is 2. The molecule has 1 aliphatic heterocycles. The Hall–Kier alpha value is -2.96. The standard InChI is InChI=1S/C20H23N3O4/c1-12(2)11-22-14(4)15(13(3)21-22)9-10-18(24)27-23-19(25)16-7-5-6-8-17(16)20(23)26/h5-8,12H,9-11H2,1-4H3. The minimum atomic E-state index is -0.625. The summed E-state index contributed by atoms with van der Waals surface area (Å²) in [6.45, 7) is 8.94. The lowest BCUT2D eigenvalue weighted by molar-refractivity contribution is -0.168. The number of benzene rings is 1. The Morgan fingerprint density at radius 3 is 2.26 bits per heavy atom. The zero-order chi connectivity index (χ0) is 19.7. The van der Waals surface area contributed by atoms with Crippen LogP contribution < -0.4 is 0 Å². The Morgan fingerprint density at radius 1 is 1.11 bits per heavy atom. The van der Waals surface area contributed by atoms with E-state index in [1.54, 1.807) is 24.3 Å². The van der Waals surface area contributed by atoms with E-state index in [1.165, 1.54) is 0 Å². The summed E-state index contributed by atoms with van der Waals surface area (Å²) in [7, 11) is 0. The van der Waals surface area contributed by atoms with Gasteiger partial charge in [-0.25, -0.2) is 4.79 Å². The lowest BCUT2D eigenvalue weighted by Crippen LogP contribution is -2.32. The van der Waals surface area contributed by atoms with E-state index in [0.29, 0.717) is 17.4 Å². The van der Waals surface area contributed by atoms with Gasteiger partial charge in [0.25, 0.3) is 11.8 Å². The van der Waals surface area contributed by atoms with Gasteiger partial charge in [0.05, 0.1) is 23.2 Å².